The van der Waals surface area contributed by atoms with E-state index in [0.29, 0.717) is 0 Å². The number of pyridine rings is 2. The number of aromatic nitrogens is 2. The number of carbonyl (C=O) groups is 2. The summed E-state index contributed by atoms with van der Waals surface area (Å²) >= 11 is 0. The van der Waals surface area contributed by atoms with E-state index in [9.17, 15) is 26.4 Å². The topological polar surface area (TPSA) is 189 Å². The van der Waals surface area contributed by atoms with Gasteiger partial charge in [-0.3, -0.25) is 0 Å². The summed E-state index contributed by atoms with van der Waals surface area (Å²) in [5.41, 5.74) is 0. The van der Waals surface area contributed by atoms with Crippen molar-refractivity contribution in [2.24, 2.45) is 0 Å². The minimum absolute atomic E-state index is 0. The number of hydrogen-bond donors (Lipinski definition) is 2. The van der Waals surface area contributed by atoms with Gasteiger partial charge in [0.1, 0.15) is 33.4 Å². The molecule has 1 aromatic carbocycles. The summed E-state index contributed by atoms with van der Waals surface area (Å²) in [6, 6.07) is 8.02. The number of nitrogens with zero attached hydrogens (tertiary/aromatic N) is 2. The fraction of sp³-hybridized carbons (Fsp3) is 0.250. The van der Waals surface area contributed by atoms with Crippen molar-refractivity contribution in [1.29, 1.82) is 0 Å². The third-order valence-corrected chi connectivity index (χ3v) is 8.14. The van der Waals surface area contributed by atoms with Gasteiger partial charge in [-0.1, -0.05) is 0 Å². The second-order valence-electron chi connectivity index (χ2n) is 8.07. The Hall–Kier alpha value is -3.42. The van der Waals surface area contributed by atoms with Crippen LogP contribution in [0.5, 0.6) is 23.3 Å². The summed E-state index contributed by atoms with van der Waals surface area (Å²) in [6.45, 7) is 2.61. The van der Waals surface area contributed by atoms with Gasteiger partial charge in [-0.2, -0.15) is 36.4 Å². The molecular weight excluding hydrogens is 633 g/mol. The molecule has 0 aliphatic rings. The van der Waals surface area contributed by atoms with E-state index >= 15 is 0 Å². The molecule has 3 aromatic rings. The molecule has 230 valence electrons. The Bertz CT molecular complexity index is 1430. The van der Waals surface area contributed by atoms with Gasteiger partial charge in [-0.25, -0.2) is 36.4 Å². The Morgan fingerprint density at radius 2 is 0.976 bits per heavy atom. The van der Waals surface area contributed by atoms with Crippen molar-refractivity contribution in [2.45, 2.75) is 35.7 Å². The number of nitrogens with one attached hydrogen (secondary N) is 2. The summed E-state index contributed by atoms with van der Waals surface area (Å²) < 4.78 is 74.5. The number of carbonyl (C=O) groups excluding carboxylic acids is 2. The molecule has 2 N–H and O–H groups in total. The Balaban J connectivity index is 0.00000441. The fourth-order valence-electron chi connectivity index (χ4n) is 2.98. The number of rotatable bonds is 12. The van der Waals surface area contributed by atoms with Gasteiger partial charge in [0.15, 0.2) is 0 Å². The summed E-state index contributed by atoms with van der Waals surface area (Å²) in [7, 11) is -5.36. The predicted molar refractivity (Wildman–Crippen MR) is 160 cm³/mol. The quantitative estimate of drug-likeness (QED) is 0.209. The lowest BCUT2D eigenvalue weighted by molar-refractivity contribution is -0.136. The molecule has 0 spiro atoms. The first-order chi connectivity index (χ1) is 18.8. The maximum absolute atomic E-state index is 12.5. The number of benzene rings is 1. The molecule has 0 saturated heterocycles. The maximum Gasteiger partial charge on any atom is 0.329 e. The molecule has 0 aliphatic carbocycles. The highest BCUT2D eigenvalue weighted by molar-refractivity contribution is 7.89. The lowest BCUT2D eigenvalue weighted by Gasteiger charge is -2.15. The first-order valence-corrected chi connectivity index (χ1v) is 14.4. The van der Waals surface area contributed by atoms with Gasteiger partial charge in [0, 0.05) is 12.1 Å². The molecule has 42 heavy (non-hydrogen) atoms. The minimum Gasteiger partial charge on any atom is -0.481 e. The van der Waals surface area contributed by atoms with E-state index in [4.69, 9.17) is 18.9 Å². The van der Waals surface area contributed by atoms with E-state index in [1.165, 1.54) is 76.6 Å². The number of esters is 2. The van der Waals surface area contributed by atoms with Crippen LogP contribution in [0.1, 0.15) is 13.8 Å². The lowest BCUT2D eigenvalue weighted by atomic mass is 10.3. The van der Waals surface area contributed by atoms with Gasteiger partial charge in [0.2, 0.25) is 31.8 Å². The van der Waals surface area contributed by atoms with E-state index in [1.807, 2.05) is 0 Å². The van der Waals surface area contributed by atoms with Crippen molar-refractivity contribution >= 4 is 59.0 Å². The predicted octanol–water partition coefficient (Wildman–Crippen LogP) is 1.26. The highest BCUT2D eigenvalue weighted by Gasteiger charge is 2.25. The van der Waals surface area contributed by atoms with Crippen molar-refractivity contribution in [1.82, 2.24) is 19.4 Å². The Morgan fingerprint density at radius 3 is 1.24 bits per heavy atom. The second-order valence-corrected chi connectivity index (χ2v) is 11.5. The van der Waals surface area contributed by atoms with Crippen molar-refractivity contribution in [3.63, 3.8) is 0 Å². The van der Waals surface area contributed by atoms with Gasteiger partial charge in [-0.15, -0.1) is 0 Å². The van der Waals surface area contributed by atoms with Crippen LogP contribution in [0.4, 0.5) is 0 Å². The average Bonchev–Trinajstić information content (AvgIpc) is 2.93. The molecule has 2 atom stereocenters. The summed E-state index contributed by atoms with van der Waals surface area (Å²) in [4.78, 5) is 32.1. The van der Waals surface area contributed by atoms with Crippen LogP contribution in [0.15, 0.2) is 70.7 Å². The zero-order chi connectivity index (χ0) is 29.5. The van der Waals surface area contributed by atoms with Crippen LogP contribution in [0.3, 0.4) is 0 Å². The largest absolute Gasteiger partial charge is 0.481 e. The van der Waals surface area contributed by atoms with E-state index in [0.717, 1.165) is 12.4 Å². The third-order valence-electron chi connectivity index (χ3n) is 5.09. The van der Waals surface area contributed by atoms with Crippen LogP contribution in [0, 0.1) is 0 Å². The lowest BCUT2D eigenvalue weighted by Crippen LogP contribution is -2.40. The first-order valence-electron chi connectivity index (χ1n) is 11.4. The van der Waals surface area contributed by atoms with Crippen LogP contribution in [0.25, 0.3) is 0 Å². The summed E-state index contributed by atoms with van der Waals surface area (Å²) in [5.74, 6) is -1.26. The van der Waals surface area contributed by atoms with Crippen LogP contribution in [-0.4, -0.2) is 65.0 Å². The van der Waals surface area contributed by atoms with Gasteiger partial charge >= 0.3 is 11.9 Å². The molecule has 0 fully saturated rings. The number of sulfonamides is 2. The van der Waals surface area contributed by atoms with Crippen molar-refractivity contribution in [3.05, 3.63) is 60.9 Å². The zero-order valence-corrected chi connectivity index (χ0v) is 26.4. The Morgan fingerprint density at radius 1 is 0.643 bits per heavy atom. The van der Waals surface area contributed by atoms with Crippen molar-refractivity contribution in [2.75, 3.05) is 14.2 Å². The van der Waals surface area contributed by atoms with Crippen LogP contribution in [0.2, 0.25) is 0 Å². The highest BCUT2D eigenvalue weighted by atomic mass is 32.2. The van der Waals surface area contributed by atoms with E-state index in [1.54, 1.807) is 0 Å². The molecule has 0 unspecified atom stereocenters. The molecule has 0 aliphatic heterocycles. The molecule has 0 radical (unpaired) electrons. The van der Waals surface area contributed by atoms with Crippen LogP contribution < -0.4 is 28.4 Å². The SMILES string of the molecule is COc1ccc(S(=O)(=O)N[C@@H](C)C(=O)Oc2ccc(OC(=O)[C@H](C)NS(=O)(=O)c3ccc(OC)nc3)cc2)cn1.S.S. The molecule has 2 aromatic heterocycles. The van der Waals surface area contributed by atoms with E-state index in [-0.39, 0.29) is 60.0 Å². The molecular formula is C24H30N4O10S4. The smallest absolute Gasteiger partial charge is 0.329 e. The van der Waals surface area contributed by atoms with Gasteiger partial charge < -0.3 is 18.9 Å². The molecule has 14 nitrogen and oxygen atoms in total. The normalized spacial score (nSPS) is 12.5. The molecule has 0 bridgehead atoms. The average molecular weight is 663 g/mol. The van der Waals surface area contributed by atoms with E-state index < -0.39 is 44.1 Å². The molecule has 2 heterocycles. The van der Waals surface area contributed by atoms with Gasteiger partial charge in [0.05, 0.1) is 26.6 Å². The van der Waals surface area contributed by atoms with Crippen molar-refractivity contribution < 1.29 is 45.4 Å². The maximum atomic E-state index is 12.5. The molecule has 18 heteroatoms. The summed E-state index contributed by atoms with van der Waals surface area (Å²) in [5, 5.41) is 0. The Kier molecular flexibility index (Phi) is 13.7. The highest BCUT2D eigenvalue weighted by Crippen LogP contribution is 2.20. The monoisotopic (exact) mass is 662 g/mol. The first kappa shape index (κ1) is 36.6. The number of ether oxygens (including phenoxy) is 4. The minimum atomic E-state index is -4.07. The second kappa shape index (κ2) is 15.7. The van der Waals surface area contributed by atoms with Gasteiger partial charge in [0.25, 0.3) is 0 Å². The van der Waals surface area contributed by atoms with Crippen LogP contribution in [-0.2, 0) is 29.6 Å². The number of hydrogen-bond acceptors (Lipinski definition) is 12. The standard InChI is InChI=1S/C24H26N4O10S2.2H2S/c1-15(27-39(31,32)19-9-11-21(35-3)25-13-19)23(29)37-17-5-7-18(8-6-17)38-24(30)16(2)28-40(33,34)20-10-12-22(36-4)26-14-20;;/h5-16,27-28H,1-4H3;2*1H2/t15-,16-;;/m0../s1. The van der Waals surface area contributed by atoms with Gasteiger partial charge in [-0.05, 0) is 50.2 Å². The molecule has 0 saturated carbocycles. The van der Waals surface area contributed by atoms with Crippen LogP contribution >= 0.6 is 27.0 Å². The van der Waals surface area contributed by atoms with E-state index in [2.05, 4.69) is 19.4 Å². The Labute approximate surface area is 257 Å². The summed E-state index contributed by atoms with van der Waals surface area (Å²) in [6.07, 6.45) is 2.17. The number of methoxy groups -OCH3 is 2. The fourth-order valence-corrected chi connectivity index (χ4v) is 5.25. The molecule has 3 rings (SSSR count). The third kappa shape index (κ3) is 9.85. The molecule has 0 amide bonds. The van der Waals surface area contributed by atoms with Crippen molar-refractivity contribution in [3.8, 4) is 23.3 Å². The zero-order valence-electron chi connectivity index (χ0n) is 22.7.